The lowest BCUT2D eigenvalue weighted by Gasteiger charge is -2.16. The second kappa shape index (κ2) is 8.89. The number of carbonyl (C=O) groups is 2. The number of hydrogen-bond donors (Lipinski definition) is 3. The summed E-state index contributed by atoms with van der Waals surface area (Å²) in [6, 6.07) is -1.17. The molecule has 1 atom stereocenters. The molecule has 0 saturated heterocycles. The zero-order valence-corrected chi connectivity index (χ0v) is 11.2. The Kier molecular flexibility index (Phi) is 8.37. The van der Waals surface area contributed by atoms with Crippen molar-refractivity contribution in [3.63, 3.8) is 0 Å². The quantitative estimate of drug-likeness (QED) is 0.601. The van der Waals surface area contributed by atoms with Crippen molar-refractivity contribution in [2.75, 3.05) is 12.3 Å². The molecule has 0 aliphatic rings. The van der Waals surface area contributed by atoms with Gasteiger partial charge in [0.25, 0.3) is 0 Å². The van der Waals surface area contributed by atoms with Crippen molar-refractivity contribution in [3.05, 3.63) is 0 Å². The number of carbonyl (C=O) groups excluding carboxylic acids is 1. The zero-order valence-electron chi connectivity index (χ0n) is 10.4. The molecule has 0 aliphatic carbocycles. The fourth-order valence-corrected chi connectivity index (χ4v) is 1.79. The van der Waals surface area contributed by atoms with Crippen LogP contribution in [-0.2, 0) is 4.79 Å². The van der Waals surface area contributed by atoms with Crippen LogP contribution in [0.5, 0.6) is 0 Å². The molecule has 9 heteroatoms. The first-order valence-corrected chi connectivity index (χ1v) is 6.70. The van der Waals surface area contributed by atoms with Gasteiger partial charge in [-0.1, -0.05) is 13.3 Å². The van der Waals surface area contributed by atoms with Crippen molar-refractivity contribution in [2.24, 2.45) is 0 Å². The average molecular weight is 302 g/mol. The lowest BCUT2D eigenvalue weighted by atomic mass is 10.1. The van der Waals surface area contributed by atoms with Gasteiger partial charge in [-0.15, -0.1) is 0 Å². The Bertz CT molecular complexity index is 300. The van der Waals surface area contributed by atoms with E-state index < -0.39 is 23.6 Å². The molecule has 112 valence electrons. The van der Waals surface area contributed by atoms with Crippen LogP contribution in [0.1, 0.15) is 26.2 Å². The van der Waals surface area contributed by atoms with E-state index in [1.807, 2.05) is 6.92 Å². The molecule has 0 heterocycles. The van der Waals surface area contributed by atoms with E-state index in [-0.39, 0.29) is 30.5 Å². The molecular weight excluding hydrogens is 285 g/mol. The summed E-state index contributed by atoms with van der Waals surface area (Å²) in [4.78, 5) is 21.9. The topological polar surface area (TPSA) is 78.4 Å². The van der Waals surface area contributed by atoms with Crippen LogP contribution < -0.4 is 10.6 Å². The molecule has 0 aromatic heterocycles. The molecule has 0 radical (unpaired) electrons. The Balaban J connectivity index is 3.89. The number of carboxylic acid groups (broad SMARTS) is 1. The summed E-state index contributed by atoms with van der Waals surface area (Å²) in [6.07, 6.45) is 0.984. The van der Waals surface area contributed by atoms with Crippen molar-refractivity contribution >= 4 is 23.8 Å². The lowest BCUT2D eigenvalue weighted by molar-refractivity contribution is -0.137. The number of amides is 2. The number of alkyl halides is 3. The van der Waals surface area contributed by atoms with Crippen LogP contribution in [-0.4, -0.2) is 41.0 Å². The smallest absolute Gasteiger partial charge is 0.441 e. The Hall–Kier alpha value is -1.12. The minimum absolute atomic E-state index is 0.137. The molecule has 0 aromatic carbocycles. The van der Waals surface area contributed by atoms with Crippen molar-refractivity contribution in [1.29, 1.82) is 0 Å². The second-order valence-electron chi connectivity index (χ2n) is 3.78. The van der Waals surface area contributed by atoms with E-state index in [1.54, 1.807) is 0 Å². The van der Waals surface area contributed by atoms with Gasteiger partial charge < -0.3 is 15.7 Å². The number of thioether (sulfide) groups is 1. The normalized spacial score (nSPS) is 12.8. The molecule has 0 rings (SSSR count). The first-order valence-electron chi connectivity index (χ1n) is 5.71. The van der Waals surface area contributed by atoms with Crippen LogP contribution >= 0.6 is 11.8 Å². The highest BCUT2D eigenvalue weighted by Crippen LogP contribution is 2.29. The molecule has 0 aromatic rings. The van der Waals surface area contributed by atoms with Gasteiger partial charge >= 0.3 is 17.5 Å². The third-order valence-corrected chi connectivity index (χ3v) is 2.78. The largest absolute Gasteiger partial charge is 0.481 e. The summed E-state index contributed by atoms with van der Waals surface area (Å²) >= 11 is -0.221. The fourth-order valence-electron chi connectivity index (χ4n) is 1.35. The van der Waals surface area contributed by atoms with E-state index in [9.17, 15) is 22.8 Å². The van der Waals surface area contributed by atoms with E-state index in [2.05, 4.69) is 10.6 Å². The molecular formula is C10H17F3N2O3S. The van der Waals surface area contributed by atoms with Crippen molar-refractivity contribution < 1.29 is 27.9 Å². The van der Waals surface area contributed by atoms with Gasteiger partial charge in [0.15, 0.2) is 0 Å². The minimum Gasteiger partial charge on any atom is -0.481 e. The Morgan fingerprint density at radius 1 is 1.37 bits per heavy atom. The number of aliphatic carboxylic acids is 1. The van der Waals surface area contributed by atoms with Gasteiger partial charge in [0.2, 0.25) is 0 Å². The maximum atomic E-state index is 11.8. The highest BCUT2D eigenvalue weighted by atomic mass is 32.2. The SMILES string of the molecule is CCCC(CC(=O)O)NC(=O)NCCSC(F)(F)F. The Morgan fingerprint density at radius 3 is 2.47 bits per heavy atom. The molecule has 1 unspecified atom stereocenters. The van der Waals surface area contributed by atoms with E-state index in [0.29, 0.717) is 12.8 Å². The minimum atomic E-state index is -4.31. The van der Waals surface area contributed by atoms with Crippen LogP contribution in [0.15, 0.2) is 0 Å². The maximum Gasteiger partial charge on any atom is 0.441 e. The number of halogens is 3. The summed E-state index contributed by atoms with van der Waals surface area (Å²) in [7, 11) is 0. The van der Waals surface area contributed by atoms with Crippen molar-refractivity contribution in [1.82, 2.24) is 10.6 Å². The Morgan fingerprint density at radius 2 is 2.00 bits per heavy atom. The van der Waals surface area contributed by atoms with Gasteiger partial charge in [-0.25, -0.2) is 4.79 Å². The highest BCUT2D eigenvalue weighted by molar-refractivity contribution is 8.00. The van der Waals surface area contributed by atoms with Crippen LogP contribution in [0, 0.1) is 0 Å². The van der Waals surface area contributed by atoms with Crippen molar-refractivity contribution in [2.45, 2.75) is 37.7 Å². The first-order chi connectivity index (χ1) is 8.74. The van der Waals surface area contributed by atoms with Crippen LogP contribution in [0.3, 0.4) is 0 Å². The van der Waals surface area contributed by atoms with Gasteiger partial charge in [-0.2, -0.15) is 13.2 Å². The van der Waals surface area contributed by atoms with E-state index >= 15 is 0 Å². The molecule has 0 saturated carbocycles. The number of carboxylic acids is 1. The first kappa shape index (κ1) is 17.9. The van der Waals surface area contributed by atoms with Gasteiger partial charge in [0, 0.05) is 18.3 Å². The van der Waals surface area contributed by atoms with Gasteiger partial charge in [-0.05, 0) is 18.2 Å². The number of urea groups is 1. The predicted octanol–water partition coefficient (Wildman–Crippen LogP) is 2.18. The molecule has 3 N–H and O–H groups in total. The monoisotopic (exact) mass is 302 g/mol. The molecule has 0 bridgehead atoms. The Labute approximate surface area is 113 Å². The zero-order chi connectivity index (χ0) is 14.9. The summed E-state index contributed by atoms with van der Waals surface area (Å²) in [5.74, 6) is -1.32. The summed E-state index contributed by atoms with van der Waals surface area (Å²) < 4.78 is 35.4. The third kappa shape index (κ3) is 11.7. The fraction of sp³-hybridized carbons (Fsp3) is 0.800. The molecule has 0 aliphatic heterocycles. The van der Waals surface area contributed by atoms with E-state index in [4.69, 9.17) is 5.11 Å². The highest BCUT2D eigenvalue weighted by Gasteiger charge is 2.27. The van der Waals surface area contributed by atoms with Crippen LogP contribution in [0.25, 0.3) is 0 Å². The lowest BCUT2D eigenvalue weighted by Crippen LogP contribution is -2.43. The number of rotatable bonds is 8. The molecule has 2 amide bonds. The van der Waals surface area contributed by atoms with Gasteiger partial charge in [0.05, 0.1) is 6.42 Å². The second-order valence-corrected chi connectivity index (χ2v) is 4.94. The molecule has 19 heavy (non-hydrogen) atoms. The van der Waals surface area contributed by atoms with Crippen LogP contribution in [0.4, 0.5) is 18.0 Å². The van der Waals surface area contributed by atoms with E-state index in [1.165, 1.54) is 0 Å². The maximum absolute atomic E-state index is 11.8. The number of hydrogen-bond acceptors (Lipinski definition) is 3. The van der Waals surface area contributed by atoms with Crippen LogP contribution in [0.2, 0.25) is 0 Å². The molecule has 0 fully saturated rings. The third-order valence-electron chi connectivity index (χ3n) is 2.05. The summed E-state index contributed by atoms with van der Waals surface area (Å²) in [5.41, 5.74) is -4.31. The molecule has 0 spiro atoms. The van der Waals surface area contributed by atoms with Gasteiger partial charge in [-0.3, -0.25) is 4.79 Å². The summed E-state index contributed by atoms with van der Waals surface area (Å²) in [6.45, 7) is 1.70. The van der Waals surface area contributed by atoms with E-state index in [0.717, 1.165) is 0 Å². The average Bonchev–Trinajstić information content (AvgIpc) is 2.22. The number of nitrogens with one attached hydrogen (secondary N) is 2. The predicted molar refractivity (Wildman–Crippen MR) is 66.0 cm³/mol. The molecule has 5 nitrogen and oxygen atoms in total. The standard InChI is InChI=1S/C10H17F3N2O3S/c1-2-3-7(6-8(16)17)15-9(18)14-4-5-19-10(11,12)13/h7H,2-6H2,1H3,(H,16,17)(H2,14,15,18). The summed E-state index contributed by atoms with van der Waals surface area (Å²) in [5, 5.41) is 13.3. The van der Waals surface area contributed by atoms with Crippen molar-refractivity contribution in [3.8, 4) is 0 Å². The van der Waals surface area contributed by atoms with Gasteiger partial charge in [0.1, 0.15) is 0 Å².